The second-order valence-corrected chi connectivity index (χ2v) is 9.33. The Morgan fingerprint density at radius 2 is 1.39 bits per heavy atom. The minimum absolute atomic E-state index is 0.00688. The first-order valence-electron chi connectivity index (χ1n) is 13.0. The number of carbonyl (C=O) groups excluding carboxylic acids is 3. The van der Waals surface area contributed by atoms with Crippen molar-refractivity contribution in [3.8, 4) is 5.75 Å². The lowest BCUT2D eigenvalue weighted by molar-refractivity contribution is -0.147. The Hall–Kier alpha value is -4.44. The van der Waals surface area contributed by atoms with E-state index in [0.29, 0.717) is 31.4 Å². The van der Waals surface area contributed by atoms with E-state index in [4.69, 9.17) is 28.0 Å². The predicted octanol–water partition coefficient (Wildman–Crippen LogP) is -2.54. The fourth-order valence-electron chi connectivity index (χ4n) is 3.69. The summed E-state index contributed by atoms with van der Waals surface area (Å²) in [6.07, 6.45) is 0.795. The molecule has 16 nitrogen and oxygen atoms in total. The number of phenolic OH excluding ortho intramolecular Hbond substituents is 1. The van der Waals surface area contributed by atoms with Gasteiger partial charge in [0.25, 0.3) is 0 Å². The van der Waals surface area contributed by atoms with E-state index in [9.17, 15) is 34.2 Å². The van der Waals surface area contributed by atoms with E-state index in [1.165, 1.54) is 12.1 Å². The molecule has 0 aliphatic rings. The lowest BCUT2D eigenvalue weighted by Gasteiger charge is -2.25. The van der Waals surface area contributed by atoms with Gasteiger partial charge in [0.1, 0.15) is 23.9 Å². The van der Waals surface area contributed by atoms with E-state index in [0.717, 1.165) is 0 Å². The molecule has 0 saturated heterocycles. The summed E-state index contributed by atoms with van der Waals surface area (Å²) in [5.74, 6) is -5.58. The number of aliphatic imine (C=N–C) groups is 1. The minimum atomic E-state index is -1.75. The van der Waals surface area contributed by atoms with E-state index in [1.54, 1.807) is 12.1 Å². The standard InChI is InChI=1S/C25H40N8O8/c26-10-2-1-4-16(27)21(37)32-18(12-14-6-8-15(34)9-7-14)23(39)31-17(5-3-11-30-25(28)29)22(38)33-19(24(40)41)13-20(35)36/h6-9,16-19,34H,1-5,10-13,26-27H2,(H,31,39)(H,32,37)(H,33,38)(H,35,36)(H,40,41)(H4,28,29,30). The molecule has 0 fully saturated rings. The first-order valence-corrected chi connectivity index (χ1v) is 13.0. The van der Waals surface area contributed by atoms with Crippen LogP contribution in [0.4, 0.5) is 0 Å². The number of carboxylic acids is 2. The zero-order chi connectivity index (χ0) is 30.9. The van der Waals surface area contributed by atoms with Gasteiger partial charge in [-0.05, 0) is 49.9 Å². The van der Waals surface area contributed by atoms with Gasteiger partial charge in [-0.15, -0.1) is 0 Å². The van der Waals surface area contributed by atoms with Gasteiger partial charge in [-0.2, -0.15) is 0 Å². The van der Waals surface area contributed by atoms with Crippen molar-refractivity contribution in [2.75, 3.05) is 13.1 Å². The molecule has 41 heavy (non-hydrogen) atoms. The molecular formula is C25H40N8O8. The number of hydrogen-bond donors (Lipinski definition) is 10. The van der Waals surface area contributed by atoms with E-state index in [2.05, 4.69) is 20.9 Å². The number of nitrogens with zero attached hydrogens (tertiary/aromatic N) is 1. The SMILES string of the molecule is NCCCCC(N)C(=O)NC(Cc1ccc(O)cc1)C(=O)NC(CCCN=C(N)N)C(=O)NC(CC(=O)O)C(=O)O. The molecule has 228 valence electrons. The number of benzene rings is 1. The van der Waals surface area contributed by atoms with Gasteiger partial charge >= 0.3 is 11.9 Å². The molecule has 0 heterocycles. The fourth-order valence-corrected chi connectivity index (χ4v) is 3.69. The molecular weight excluding hydrogens is 540 g/mol. The average Bonchev–Trinajstić information content (AvgIpc) is 2.90. The third-order valence-corrected chi connectivity index (χ3v) is 5.89. The zero-order valence-corrected chi connectivity index (χ0v) is 22.6. The van der Waals surface area contributed by atoms with Gasteiger partial charge in [0, 0.05) is 13.0 Å². The number of aliphatic carboxylic acids is 2. The van der Waals surface area contributed by atoms with Crippen molar-refractivity contribution in [2.24, 2.45) is 27.9 Å². The summed E-state index contributed by atoms with van der Waals surface area (Å²) in [5.41, 5.74) is 22.7. The van der Waals surface area contributed by atoms with Crippen LogP contribution in [0.15, 0.2) is 29.3 Å². The van der Waals surface area contributed by atoms with Crippen LogP contribution in [0.5, 0.6) is 5.75 Å². The number of carboxylic acid groups (broad SMARTS) is 2. The number of phenols is 1. The summed E-state index contributed by atoms with van der Waals surface area (Å²) in [6.45, 7) is 0.521. The molecule has 16 heteroatoms. The molecule has 3 amide bonds. The third-order valence-electron chi connectivity index (χ3n) is 5.89. The summed E-state index contributed by atoms with van der Waals surface area (Å²) in [4.78, 5) is 65.5. The van der Waals surface area contributed by atoms with Crippen molar-refractivity contribution in [3.05, 3.63) is 29.8 Å². The smallest absolute Gasteiger partial charge is 0.326 e. The lowest BCUT2D eigenvalue weighted by atomic mass is 10.0. The Bertz CT molecular complexity index is 1060. The van der Waals surface area contributed by atoms with Crippen molar-refractivity contribution in [3.63, 3.8) is 0 Å². The summed E-state index contributed by atoms with van der Waals surface area (Å²) in [6, 6.07) is 0.675. The van der Waals surface area contributed by atoms with Crippen LogP contribution in [0.1, 0.15) is 44.1 Å². The first kappa shape index (κ1) is 34.6. The third kappa shape index (κ3) is 14.0. The average molecular weight is 581 g/mol. The highest BCUT2D eigenvalue weighted by Crippen LogP contribution is 2.12. The predicted molar refractivity (Wildman–Crippen MR) is 148 cm³/mol. The topological polar surface area (TPSA) is 299 Å². The molecule has 4 atom stereocenters. The number of nitrogens with one attached hydrogen (secondary N) is 3. The van der Waals surface area contributed by atoms with Crippen molar-refractivity contribution in [1.82, 2.24) is 16.0 Å². The maximum absolute atomic E-state index is 13.4. The molecule has 0 bridgehead atoms. The van der Waals surface area contributed by atoms with Crippen LogP contribution in [0, 0.1) is 0 Å². The normalized spacial score (nSPS) is 13.6. The summed E-state index contributed by atoms with van der Waals surface area (Å²) >= 11 is 0. The molecule has 14 N–H and O–H groups in total. The van der Waals surface area contributed by atoms with Gasteiger partial charge in [0.15, 0.2) is 5.96 Å². The van der Waals surface area contributed by atoms with Gasteiger partial charge in [-0.1, -0.05) is 18.6 Å². The number of carbonyl (C=O) groups is 5. The Labute approximate surface area is 236 Å². The molecule has 0 spiro atoms. The quantitative estimate of drug-likeness (QED) is 0.0460. The van der Waals surface area contributed by atoms with Crippen molar-refractivity contribution in [1.29, 1.82) is 0 Å². The van der Waals surface area contributed by atoms with Gasteiger partial charge in [-0.25, -0.2) is 4.79 Å². The monoisotopic (exact) mass is 580 g/mol. The van der Waals surface area contributed by atoms with Crippen molar-refractivity contribution in [2.45, 2.75) is 69.1 Å². The lowest BCUT2D eigenvalue weighted by Crippen LogP contribution is -2.57. The van der Waals surface area contributed by atoms with E-state index in [1.807, 2.05) is 0 Å². The van der Waals surface area contributed by atoms with Crippen LogP contribution in [0.2, 0.25) is 0 Å². The Morgan fingerprint density at radius 1 is 0.805 bits per heavy atom. The number of guanidine groups is 1. The highest BCUT2D eigenvalue weighted by molar-refractivity contribution is 5.94. The number of unbranched alkanes of at least 4 members (excludes halogenated alkanes) is 1. The van der Waals surface area contributed by atoms with Crippen LogP contribution in [-0.4, -0.2) is 88.2 Å². The summed E-state index contributed by atoms with van der Waals surface area (Å²) < 4.78 is 0. The molecule has 1 rings (SSSR count). The number of aromatic hydroxyl groups is 1. The van der Waals surface area contributed by atoms with Crippen molar-refractivity contribution < 1.29 is 39.3 Å². The largest absolute Gasteiger partial charge is 0.508 e. The second kappa shape index (κ2) is 18.0. The van der Waals surface area contributed by atoms with Gasteiger partial charge < -0.3 is 54.2 Å². The Kier molecular flexibility index (Phi) is 15.2. The fraction of sp³-hybridized carbons (Fsp3) is 0.520. The van der Waals surface area contributed by atoms with Gasteiger partial charge in [0.2, 0.25) is 17.7 Å². The molecule has 0 aliphatic carbocycles. The first-order chi connectivity index (χ1) is 19.3. The molecule has 0 aliphatic heterocycles. The summed E-state index contributed by atoms with van der Waals surface area (Å²) in [5, 5.41) is 35.1. The Balaban J connectivity index is 3.17. The number of rotatable bonds is 19. The van der Waals surface area contributed by atoms with Crippen LogP contribution >= 0.6 is 0 Å². The Morgan fingerprint density at radius 3 is 1.95 bits per heavy atom. The number of nitrogens with two attached hydrogens (primary N) is 4. The van der Waals surface area contributed by atoms with Gasteiger partial charge in [0.05, 0.1) is 12.5 Å². The molecule has 0 saturated carbocycles. The number of hydrogen-bond acceptors (Lipinski definition) is 9. The van der Waals surface area contributed by atoms with Crippen molar-refractivity contribution >= 4 is 35.6 Å². The summed E-state index contributed by atoms with van der Waals surface area (Å²) in [7, 11) is 0. The maximum Gasteiger partial charge on any atom is 0.326 e. The maximum atomic E-state index is 13.4. The zero-order valence-electron chi connectivity index (χ0n) is 22.6. The van der Waals surface area contributed by atoms with Crippen LogP contribution in [0.3, 0.4) is 0 Å². The van der Waals surface area contributed by atoms with Crippen LogP contribution in [-0.2, 0) is 30.4 Å². The van der Waals surface area contributed by atoms with Crippen LogP contribution < -0.4 is 38.9 Å². The highest BCUT2D eigenvalue weighted by atomic mass is 16.4. The molecule has 1 aromatic rings. The van der Waals surface area contributed by atoms with E-state index in [-0.39, 0.29) is 37.5 Å². The van der Waals surface area contributed by atoms with E-state index < -0.39 is 60.2 Å². The van der Waals surface area contributed by atoms with Gasteiger partial charge in [-0.3, -0.25) is 24.2 Å². The molecule has 4 unspecified atom stereocenters. The molecule has 0 aromatic heterocycles. The molecule has 0 radical (unpaired) electrons. The highest BCUT2D eigenvalue weighted by Gasteiger charge is 2.31. The second-order valence-electron chi connectivity index (χ2n) is 9.33. The van der Waals surface area contributed by atoms with E-state index >= 15 is 0 Å². The minimum Gasteiger partial charge on any atom is -0.508 e. The van der Waals surface area contributed by atoms with Crippen LogP contribution in [0.25, 0.3) is 0 Å². The number of amides is 3. The molecule has 1 aromatic carbocycles.